The summed E-state index contributed by atoms with van der Waals surface area (Å²) in [7, 11) is 0. The van der Waals surface area contributed by atoms with Gasteiger partial charge in [-0.05, 0) is 25.3 Å². The van der Waals surface area contributed by atoms with Gasteiger partial charge in [-0.2, -0.15) is 0 Å². The molecule has 2 N–H and O–H groups in total. The lowest BCUT2D eigenvalue weighted by Crippen LogP contribution is -2.34. The van der Waals surface area contributed by atoms with Crippen LogP contribution in [0.5, 0.6) is 0 Å². The van der Waals surface area contributed by atoms with Gasteiger partial charge in [0.15, 0.2) is 0 Å². The maximum absolute atomic E-state index is 9.82. The van der Waals surface area contributed by atoms with Gasteiger partial charge in [0.05, 0.1) is 6.10 Å². The van der Waals surface area contributed by atoms with Crippen LogP contribution in [-0.4, -0.2) is 29.7 Å². The fourth-order valence-corrected chi connectivity index (χ4v) is 1.89. The molecule has 0 fully saturated rings. The van der Waals surface area contributed by atoms with E-state index in [2.05, 4.69) is 12.2 Å². The van der Waals surface area contributed by atoms with Crippen LogP contribution >= 0.6 is 11.6 Å². The molecule has 0 bridgehead atoms. The number of benzene rings is 1. The van der Waals surface area contributed by atoms with E-state index in [0.29, 0.717) is 24.9 Å². The van der Waals surface area contributed by atoms with Crippen molar-refractivity contribution in [1.29, 1.82) is 0 Å². The Morgan fingerprint density at radius 3 is 2.62 bits per heavy atom. The molecule has 0 saturated heterocycles. The molecule has 1 rings (SSSR count). The smallest absolute Gasteiger partial charge is 0.0704 e. The lowest BCUT2D eigenvalue weighted by molar-refractivity contribution is 0.168. The Morgan fingerprint density at radius 2 is 2.00 bits per heavy atom. The third kappa shape index (κ3) is 5.50. The molecule has 1 aromatic carbocycles. The first-order valence-electron chi connectivity index (χ1n) is 5.73. The monoisotopic (exact) mass is 241 g/mol. The maximum Gasteiger partial charge on any atom is 0.0704 e. The van der Waals surface area contributed by atoms with Crippen molar-refractivity contribution in [3.8, 4) is 0 Å². The molecular weight excluding hydrogens is 222 g/mol. The number of hydrogen-bond donors (Lipinski definition) is 2. The second-order valence-corrected chi connectivity index (χ2v) is 4.51. The largest absolute Gasteiger partial charge is 0.391 e. The summed E-state index contributed by atoms with van der Waals surface area (Å²) in [6, 6.07) is 10.4. The number of halogens is 1. The molecule has 0 aliphatic carbocycles. The number of alkyl halides is 1. The van der Waals surface area contributed by atoms with Gasteiger partial charge in [-0.25, -0.2) is 0 Å². The Balaban J connectivity index is 2.23. The lowest BCUT2D eigenvalue weighted by atomic mass is 10.1. The fourth-order valence-electron chi connectivity index (χ4n) is 1.56. The van der Waals surface area contributed by atoms with Gasteiger partial charge in [-0.15, -0.1) is 11.6 Å². The minimum Gasteiger partial charge on any atom is -0.391 e. The van der Waals surface area contributed by atoms with Gasteiger partial charge in [-0.1, -0.05) is 30.3 Å². The molecule has 0 aliphatic heterocycles. The van der Waals surface area contributed by atoms with E-state index < -0.39 is 0 Å². The summed E-state index contributed by atoms with van der Waals surface area (Å²) in [6.45, 7) is 2.70. The topological polar surface area (TPSA) is 32.3 Å². The van der Waals surface area contributed by atoms with Crippen molar-refractivity contribution in [3.05, 3.63) is 35.9 Å². The van der Waals surface area contributed by atoms with Gasteiger partial charge in [0, 0.05) is 18.5 Å². The summed E-state index contributed by atoms with van der Waals surface area (Å²) in [4.78, 5) is 0. The first kappa shape index (κ1) is 13.5. The summed E-state index contributed by atoms with van der Waals surface area (Å²) in [6.07, 6.45) is 1.29. The van der Waals surface area contributed by atoms with Crippen molar-refractivity contribution < 1.29 is 5.11 Å². The summed E-state index contributed by atoms with van der Waals surface area (Å²) in [5.41, 5.74) is 1.17. The van der Waals surface area contributed by atoms with Crippen LogP contribution in [0.15, 0.2) is 30.3 Å². The van der Waals surface area contributed by atoms with Crippen LogP contribution in [0.2, 0.25) is 0 Å². The van der Waals surface area contributed by atoms with Crippen LogP contribution < -0.4 is 5.32 Å². The highest BCUT2D eigenvalue weighted by Gasteiger charge is 2.07. The van der Waals surface area contributed by atoms with Crippen LogP contribution in [0.4, 0.5) is 0 Å². The quantitative estimate of drug-likeness (QED) is 0.718. The molecule has 16 heavy (non-hydrogen) atoms. The van der Waals surface area contributed by atoms with Crippen molar-refractivity contribution in [3.63, 3.8) is 0 Å². The van der Waals surface area contributed by atoms with E-state index in [1.165, 1.54) is 5.56 Å². The van der Waals surface area contributed by atoms with Crippen molar-refractivity contribution in [2.45, 2.75) is 31.9 Å². The SMILES string of the molecule is CC(CCCl)NCC(O)Cc1ccccc1. The average Bonchev–Trinajstić information content (AvgIpc) is 2.28. The number of nitrogens with one attached hydrogen (secondary N) is 1. The van der Waals surface area contributed by atoms with Crippen LogP contribution in [-0.2, 0) is 6.42 Å². The number of aliphatic hydroxyl groups is 1. The van der Waals surface area contributed by atoms with Gasteiger partial charge in [0.1, 0.15) is 0 Å². The molecule has 0 aromatic heterocycles. The normalized spacial score (nSPS) is 14.7. The molecule has 90 valence electrons. The lowest BCUT2D eigenvalue weighted by Gasteiger charge is -2.16. The number of hydrogen-bond acceptors (Lipinski definition) is 2. The fraction of sp³-hybridized carbons (Fsp3) is 0.538. The highest BCUT2D eigenvalue weighted by atomic mass is 35.5. The van der Waals surface area contributed by atoms with Crippen molar-refractivity contribution >= 4 is 11.6 Å². The Hall–Kier alpha value is -0.570. The summed E-state index contributed by atoms with van der Waals surface area (Å²) in [5.74, 6) is 0.656. The van der Waals surface area contributed by atoms with Crippen molar-refractivity contribution in [2.75, 3.05) is 12.4 Å². The summed E-state index contributed by atoms with van der Waals surface area (Å²) < 4.78 is 0. The zero-order valence-corrected chi connectivity index (χ0v) is 10.5. The summed E-state index contributed by atoms with van der Waals surface area (Å²) in [5, 5.41) is 13.1. The Kier molecular flexibility index (Phi) is 6.46. The zero-order valence-electron chi connectivity index (χ0n) is 9.70. The molecular formula is C13H20ClNO. The molecule has 2 atom stereocenters. The second-order valence-electron chi connectivity index (χ2n) is 4.13. The molecule has 0 saturated carbocycles. The Labute approximate surface area is 103 Å². The van der Waals surface area contributed by atoms with E-state index in [-0.39, 0.29) is 6.10 Å². The van der Waals surface area contributed by atoms with E-state index in [0.717, 1.165) is 6.42 Å². The predicted molar refractivity (Wildman–Crippen MR) is 69.0 cm³/mol. The highest BCUT2D eigenvalue weighted by molar-refractivity contribution is 6.17. The second kappa shape index (κ2) is 7.66. The number of aliphatic hydroxyl groups excluding tert-OH is 1. The van der Waals surface area contributed by atoms with Crippen LogP contribution in [0.1, 0.15) is 18.9 Å². The van der Waals surface area contributed by atoms with Crippen LogP contribution in [0, 0.1) is 0 Å². The summed E-state index contributed by atoms with van der Waals surface area (Å²) >= 11 is 5.64. The standard InChI is InChI=1S/C13H20ClNO/c1-11(7-8-14)15-10-13(16)9-12-5-3-2-4-6-12/h2-6,11,13,15-16H,7-10H2,1H3. The maximum atomic E-state index is 9.82. The van der Waals surface area contributed by atoms with Gasteiger partial charge in [0.25, 0.3) is 0 Å². The van der Waals surface area contributed by atoms with Crippen molar-refractivity contribution in [2.24, 2.45) is 0 Å². The zero-order chi connectivity index (χ0) is 11.8. The van der Waals surface area contributed by atoms with Gasteiger partial charge >= 0.3 is 0 Å². The molecule has 2 unspecified atom stereocenters. The van der Waals surface area contributed by atoms with E-state index in [9.17, 15) is 5.11 Å². The molecule has 0 amide bonds. The highest BCUT2D eigenvalue weighted by Crippen LogP contribution is 2.03. The molecule has 2 nitrogen and oxygen atoms in total. The van der Waals surface area contributed by atoms with Gasteiger partial charge < -0.3 is 10.4 Å². The van der Waals surface area contributed by atoms with E-state index in [1.807, 2.05) is 30.3 Å². The van der Waals surface area contributed by atoms with E-state index in [4.69, 9.17) is 11.6 Å². The Morgan fingerprint density at radius 1 is 1.31 bits per heavy atom. The van der Waals surface area contributed by atoms with Gasteiger partial charge in [0.2, 0.25) is 0 Å². The van der Waals surface area contributed by atoms with Crippen LogP contribution in [0.25, 0.3) is 0 Å². The predicted octanol–water partition coefficient (Wildman–Crippen LogP) is 2.20. The number of rotatable bonds is 7. The molecule has 0 heterocycles. The third-order valence-corrected chi connectivity index (χ3v) is 2.78. The van der Waals surface area contributed by atoms with Crippen molar-refractivity contribution in [1.82, 2.24) is 5.32 Å². The Bertz CT molecular complexity index is 279. The van der Waals surface area contributed by atoms with Gasteiger partial charge in [-0.3, -0.25) is 0 Å². The van der Waals surface area contributed by atoms with E-state index in [1.54, 1.807) is 0 Å². The third-order valence-electron chi connectivity index (χ3n) is 2.56. The molecule has 1 aromatic rings. The molecule has 3 heteroatoms. The first-order chi connectivity index (χ1) is 7.72. The first-order valence-corrected chi connectivity index (χ1v) is 6.27. The average molecular weight is 242 g/mol. The molecule has 0 aliphatic rings. The molecule has 0 spiro atoms. The van der Waals surface area contributed by atoms with E-state index >= 15 is 0 Å². The van der Waals surface area contributed by atoms with Crippen LogP contribution in [0.3, 0.4) is 0 Å². The minimum atomic E-state index is -0.333. The minimum absolute atomic E-state index is 0.333. The molecule has 0 radical (unpaired) electrons.